The molecule has 0 heterocycles. The largest absolute Gasteiger partial charge is 0.382 e. The third-order valence-corrected chi connectivity index (χ3v) is 2.37. The van der Waals surface area contributed by atoms with Gasteiger partial charge in [0.1, 0.15) is 6.10 Å². The average Bonchev–Trinajstić information content (AvgIpc) is 2.16. The van der Waals surface area contributed by atoms with E-state index in [9.17, 15) is 0 Å². The number of hydrogen-bond donors (Lipinski definition) is 0. The lowest BCUT2D eigenvalue weighted by molar-refractivity contribution is 0.0275. The van der Waals surface area contributed by atoms with E-state index >= 15 is 0 Å². The lowest BCUT2D eigenvalue weighted by atomic mass is 10.1. The predicted molar refractivity (Wildman–Crippen MR) is 55.8 cm³/mol. The van der Waals surface area contributed by atoms with Crippen LogP contribution in [0.2, 0.25) is 0 Å². The third kappa shape index (κ3) is 3.10. The van der Waals surface area contributed by atoms with E-state index in [1.54, 1.807) is 14.2 Å². The molecule has 0 radical (unpaired) electrons. The Labute approximate surface area is 87.0 Å². The summed E-state index contributed by atoms with van der Waals surface area (Å²) in [5, 5.41) is 0. The van der Waals surface area contributed by atoms with Crippen molar-refractivity contribution in [3.05, 3.63) is 34.3 Å². The summed E-state index contributed by atoms with van der Waals surface area (Å²) in [7, 11) is 3.36. The van der Waals surface area contributed by atoms with Gasteiger partial charge in [0.05, 0.1) is 6.61 Å². The van der Waals surface area contributed by atoms with Crippen LogP contribution in [0.25, 0.3) is 0 Å². The molecule has 1 atom stereocenters. The van der Waals surface area contributed by atoms with Gasteiger partial charge in [-0.3, -0.25) is 0 Å². The maximum absolute atomic E-state index is 5.28. The molecule has 0 saturated heterocycles. The maximum atomic E-state index is 5.28. The van der Waals surface area contributed by atoms with Crippen molar-refractivity contribution in [2.45, 2.75) is 6.10 Å². The van der Waals surface area contributed by atoms with Crippen molar-refractivity contribution < 1.29 is 9.47 Å². The summed E-state index contributed by atoms with van der Waals surface area (Å²) >= 11 is 3.38. The zero-order valence-corrected chi connectivity index (χ0v) is 9.37. The number of hydrogen-bond acceptors (Lipinski definition) is 2. The molecule has 0 spiro atoms. The second-order valence-electron chi connectivity index (χ2n) is 2.73. The van der Waals surface area contributed by atoms with Gasteiger partial charge in [-0.2, -0.15) is 0 Å². The van der Waals surface area contributed by atoms with E-state index in [1.807, 2.05) is 24.3 Å². The molecule has 2 nitrogen and oxygen atoms in total. The Morgan fingerprint density at radius 2 is 1.85 bits per heavy atom. The molecular weight excluding hydrogens is 232 g/mol. The first kappa shape index (κ1) is 10.7. The van der Waals surface area contributed by atoms with Gasteiger partial charge in [-0.05, 0) is 17.7 Å². The summed E-state index contributed by atoms with van der Waals surface area (Å²) in [6, 6.07) is 8.04. The molecule has 0 aliphatic rings. The first-order chi connectivity index (χ1) is 6.27. The number of methoxy groups -OCH3 is 2. The van der Waals surface area contributed by atoms with E-state index in [4.69, 9.17) is 9.47 Å². The highest BCUT2D eigenvalue weighted by Gasteiger charge is 2.08. The number of benzene rings is 1. The van der Waals surface area contributed by atoms with Gasteiger partial charge in [-0.1, -0.05) is 28.1 Å². The summed E-state index contributed by atoms with van der Waals surface area (Å²) in [6.45, 7) is 0.581. The molecule has 0 saturated carbocycles. The van der Waals surface area contributed by atoms with Crippen molar-refractivity contribution in [1.29, 1.82) is 0 Å². The topological polar surface area (TPSA) is 18.5 Å². The zero-order chi connectivity index (χ0) is 9.68. The molecule has 0 aliphatic carbocycles. The van der Waals surface area contributed by atoms with Crippen LogP contribution in [0.4, 0.5) is 0 Å². The van der Waals surface area contributed by atoms with Crippen molar-refractivity contribution in [2.75, 3.05) is 20.8 Å². The van der Waals surface area contributed by atoms with Crippen LogP contribution in [0, 0.1) is 0 Å². The summed E-state index contributed by atoms with van der Waals surface area (Å²) < 4.78 is 11.4. The molecule has 1 aromatic rings. The predicted octanol–water partition coefficient (Wildman–Crippen LogP) is 2.78. The Kier molecular flexibility index (Phi) is 4.42. The van der Waals surface area contributed by atoms with E-state index in [-0.39, 0.29) is 6.10 Å². The lowest BCUT2D eigenvalue weighted by Gasteiger charge is -2.14. The Morgan fingerprint density at radius 3 is 2.31 bits per heavy atom. The molecule has 1 unspecified atom stereocenters. The van der Waals surface area contributed by atoms with E-state index in [2.05, 4.69) is 15.9 Å². The summed E-state index contributed by atoms with van der Waals surface area (Å²) in [5.41, 5.74) is 1.13. The van der Waals surface area contributed by atoms with Gasteiger partial charge in [0.15, 0.2) is 0 Å². The second kappa shape index (κ2) is 5.37. The van der Waals surface area contributed by atoms with Crippen LogP contribution in [0.1, 0.15) is 11.7 Å². The van der Waals surface area contributed by atoms with Gasteiger partial charge in [0.25, 0.3) is 0 Å². The fourth-order valence-corrected chi connectivity index (χ4v) is 1.39. The number of rotatable bonds is 4. The first-order valence-electron chi connectivity index (χ1n) is 4.05. The smallest absolute Gasteiger partial charge is 0.105 e. The fraction of sp³-hybridized carbons (Fsp3) is 0.400. The van der Waals surface area contributed by atoms with Crippen LogP contribution < -0.4 is 0 Å². The lowest BCUT2D eigenvalue weighted by Crippen LogP contribution is -2.07. The van der Waals surface area contributed by atoms with E-state index < -0.39 is 0 Å². The summed E-state index contributed by atoms with van der Waals surface area (Å²) in [5.74, 6) is 0. The Hall–Kier alpha value is -0.380. The van der Waals surface area contributed by atoms with Crippen molar-refractivity contribution in [3.63, 3.8) is 0 Å². The monoisotopic (exact) mass is 244 g/mol. The standard InChI is InChI=1S/C10H13BrO2/c1-12-7-10(13-2)8-3-5-9(11)6-4-8/h3-6,10H,7H2,1-2H3. The molecule has 0 aromatic heterocycles. The van der Waals surface area contributed by atoms with Gasteiger partial charge < -0.3 is 9.47 Å². The normalized spacial score (nSPS) is 12.8. The quantitative estimate of drug-likeness (QED) is 0.812. The molecule has 1 rings (SSSR count). The fourth-order valence-electron chi connectivity index (χ4n) is 1.13. The molecule has 0 amide bonds. The van der Waals surface area contributed by atoms with Crippen molar-refractivity contribution in [2.24, 2.45) is 0 Å². The van der Waals surface area contributed by atoms with Crippen LogP contribution in [0.5, 0.6) is 0 Å². The van der Waals surface area contributed by atoms with E-state index in [0.29, 0.717) is 6.61 Å². The maximum Gasteiger partial charge on any atom is 0.105 e. The number of ether oxygens (including phenoxy) is 2. The molecule has 3 heteroatoms. The van der Waals surface area contributed by atoms with E-state index in [1.165, 1.54) is 0 Å². The van der Waals surface area contributed by atoms with Gasteiger partial charge in [0, 0.05) is 18.7 Å². The highest BCUT2D eigenvalue weighted by atomic mass is 79.9. The van der Waals surface area contributed by atoms with E-state index in [0.717, 1.165) is 10.0 Å². The second-order valence-corrected chi connectivity index (χ2v) is 3.65. The van der Waals surface area contributed by atoms with Crippen LogP contribution in [-0.4, -0.2) is 20.8 Å². The van der Waals surface area contributed by atoms with Crippen molar-refractivity contribution in [3.8, 4) is 0 Å². The summed E-state index contributed by atoms with van der Waals surface area (Å²) in [6.07, 6.45) is 0.0260. The third-order valence-electron chi connectivity index (χ3n) is 1.84. The molecular formula is C10H13BrO2. The van der Waals surface area contributed by atoms with Crippen molar-refractivity contribution in [1.82, 2.24) is 0 Å². The minimum absolute atomic E-state index is 0.0260. The van der Waals surface area contributed by atoms with Crippen LogP contribution in [0.3, 0.4) is 0 Å². The van der Waals surface area contributed by atoms with Crippen molar-refractivity contribution >= 4 is 15.9 Å². The van der Waals surface area contributed by atoms with Gasteiger partial charge >= 0.3 is 0 Å². The van der Waals surface area contributed by atoms with Gasteiger partial charge in [-0.25, -0.2) is 0 Å². The van der Waals surface area contributed by atoms with Crippen LogP contribution in [0.15, 0.2) is 28.7 Å². The Bertz CT molecular complexity index is 246. The Morgan fingerprint density at radius 1 is 1.23 bits per heavy atom. The highest BCUT2D eigenvalue weighted by Crippen LogP contribution is 2.19. The molecule has 0 aliphatic heterocycles. The number of halogens is 1. The minimum Gasteiger partial charge on any atom is -0.382 e. The van der Waals surface area contributed by atoms with Crippen LogP contribution in [-0.2, 0) is 9.47 Å². The first-order valence-corrected chi connectivity index (χ1v) is 4.84. The molecule has 0 N–H and O–H groups in total. The molecule has 13 heavy (non-hydrogen) atoms. The molecule has 0 bridgehead atoms. The highest BCUT2D eigenvalue weighted by molar-refractivity contribution is 9.10. The molecule has 0 fully saturated rings. The Balaban J connectivity index is 2.73. The summed E-state index contributed by atoms with van der Waals surface area (Å²) in [4.78, 5) is 0. The SMILES string of the molecule is COCC(OC)c1ccc(Br)cc1. The zero-order valence-electron chi connectivity index (χ0n) is 7.79. The molecule has 72 valence electrons. The van der Waals surface area contributed by atoms with Gasteiger partial charge in [0.2, 0.25) is 0 Å². The minimum atomic E-state index is 0.0260. The van der Waals surface area contributed by atoms with Gasteiger partial charge in [-0.15, -0.1) is 0 Å². The average molecular weight is 245 g/mol. The molecule has 1 aromatic carbocycles. The van der Waals surface area contributed by atoms with Crippen LogP contribution >= 0.6 is 15.9 Å².